The monoisotopic (exact) mass is 146 g/mol. The molecule has 1 aliphatic rings. The highest BCUT2D eigenvalue weighted by atomic mass is 35.5. The van der Waals surface area contributed by atoms with Crippen LogP contribution in [0.3, 0.4) is 0 Å². The van der Waals surface area contributed by atoms with E-state index in [4.69, 9.17) is 11.6 Å². The first-order valence-corrected chi connectivity index (χ1v) is 3.48. The number of hydrogen-bond acceptors (Lipinski definition) is 0. The van der Waals surface area contributed by atoms with Crippen LogP contribution in [0.5, 0.6) is 0 Å². The number of allylic oxidation sites excluding steroid dienone is 4. The number of hydrogen-bond donors (Lipinski definition) is 0. The van der Waals surface area contributed by atoms with Crippen molar-refractivity contribution in [2.75, 3.05) is 5.88 Å². The molecule has 1 rings (SSSR count). The normalized spacial score (nSPS) is 18.9. The molecule has 0 saturated carbocycles. The molecule has 0 aliphatic heterocycles. The fraction of sp³-hybridized carbons (Fsp3) is 0.429. The highest BCUT2D eigenvalue weighted by Gasteiger charge is 2.04. The van der Waals surface area contributed by atoms with Gasteiger partial charge in [0, 0.05) is 12.3 Å². The lowest BCUT2D eigenvalue weighted by Gasteiger charge is -2.04. The van der Waals surface area contributed by atoms with Crippen molar-refractivity contribution in [3.63, 3.8) is 0 Å². The quantitative estimate of drug-likeness (QED) is 0.499. The van der Waals surface area contributed by atoms with Gasteiger partial charge >= 0.3 is 0 Å². The van der Waals surface area contributed by atoms with Gasteiger partial charge in [-0.2, -0.15) is 0 Å². The number of halogens is 2. The Morgan fingerprint density at radius 2 is 2.44 bits per heavy atom. The minimum Gasteiger partial charge on any atom is -0.211 e. The van der Waals surface area contributed by atoms with Crippen molar-refractivity contribution in [2.24, 2.45) is 0 Å². The zero-order chi connectivity index (χ0) is 6.69. The first-order valence-electron chi connectivity index (χ1n) is 2.94. The van der Waals surface area contributed by atoms with E-state index in [2.05, 4.69) is 0 Å². The molecule has 0 nitrogen and oxygen atoms in total. The van der Waals surface area contributed by atoms with Crippen LogP contribution in [-0.4, -0.2) is 5.88 Å². The van der Waals surface area contributed by atoms with E-state index in [1.54, 1.807) is 6.08 Å². The van der Waals surface area contributed by atoms with Crippen LogP contribution in [0.2, 0.25) is 0 Å². The standard InChI is InChI=1S/C7H8ClF/c8-5-6-3-1-2-4-7(6)9/h1,3H,2,4-5H2. The van der Waals surface area contributed by atoms with Gasteiger partial charge in [0.1, 0.15) is 5.83 Å². The Bertz CT molecular complexity index is 158. The predicted octanol–water partition coefficient (Wildman–Crippen LogP) is 2.80. The van der Waals surface area contributed by atoms with Gasteiger partial charge in [0.05, 0.1) is 0 Å². The maximum atomic E-state index is 12.6. The van der Waals surface area contributed by atoms with Gasteiger partial charge in [0.2, 0.25) is 0 Å². The molecule has 0 spiro atoms. The molecule has 9 heavy (non-hydrogen) atoms. The number of alkyl halides is 1. The molecule has 0 aromatic heterocycles. The average molecular weight is 147 g/mol. The van der Waals surface area contributed by atoms with Crippen LogP contribution in [-0.2, 0) is 0 Å². The van der Waals surface area contributed by atoms with E-state index in [9.17, 15) is 4.39 Å². The summed E-state index contributed by atoms with van der Waals surface area (Å²) >= 11 is 5.43. The Morgan fingerprint density at radius 3 is 2.89 bits per heavy atom. The third-order valence-corrected chi connectivity index (χ3v) is 1.63. The Hall–Kier alpha value is -0.300. The molecule has 0 bridgehead atoms. The number of rotatable bonds is 1. The van der Waals surface area contributed by atoms with Gasteiger partial charge in [-0.3, -0.25) is 0 Å². The predicted molar refractivity (Wildman–Crippen MR) is 37.2 cm³/mol. The maximum absolute atomic E-state index is 12.6. The zero-order valence-corrected chi connectivity index (χ0v) is 5.79. The third kappa shape index (κ3) is 1.55. The Labute approximate surface area is 59.0 Å². The van der Waals surface area contributed by atoms with E-state index in [1.165, 1.54) is 0 Å². The topological polar surface area (TPSA) is 0 Å². The molecule has 0 aromatic rings. The molecule has 0 atom stereocenters. The summed E-state index contributed by atoms with van der Waals surface area (Å²) in [4.78, 5) is 0. The van der Waals surface area contributed by atoms with Gasteiger partial charge in [-0.15, -0.1) is 11.6 Å². The van der Waals surface area contributed by atoms with Crippen molar-refractivity contribution < 1.29 is 4.39 Å². The van der Waals surface area contributed by atoms with Gasteiger partial charge < -0.3 is 0 Å². The minimum atomic E-state index is -0.0486. The van der Waals surface area contributed by atoms with E-state index in [0.717, 1.165) is 6.42 Å². The lowest BCUT2D eigenvalue weighted by atomic mass is 10.1. The summed E-state index contributed by atoms with van der Waals surface area (Å²) in [6.45, 7) is 0. The second-order valence-electron chi connectivity index (χ2n) is 2.00. The first kappa shape index (κ1) is 6.81. The van der Waals surface area contributed by atoms with Crippen LogP contribution in [0.1, 0.15) is 12.8 Å². The van der Waals surface area contributed by atoms with Crippen molar-refractivity contribution in [2.45, 2.75) is 12.8 Å². The Morgan fingerprint density at radius 1 is 1.67 bits per heavy atom. The van der Waals surface area contributed by atoms with Gasteiger partial charge in [0.15, 0.2) is 0 Å². The molecule has 1 aliphatic carbocycles. The van der Waals surface area contributed by atoms with Crippen molar-refractivity contribution in [3.8, 4) is 0 Å². The van der Waals surface area contributed by atoms with Crippen molar-refractivity contribution in [3.05, 3.63) is 23.6 Å². The van der Waals surface area contributed by atoms with E-state index < -0.39 is 0 Å². The van der Waals surface area contributed by atoms with Crippen molar-refractivity contribution in [1.82, 2.24) is 0 Å². The highest BCUT2D eigenvalue weighted by Crippen LogP contribution is 2.20. The summed E-state index contributed by atoms with van der Waals surface area (Å²) in [6, 6.07) is 0. The molecule has 0 unspecified atom stereocenters. The molecule has 0 heterocycles. The molecule has 0 amide bonds. The summed E-state index contributed by atoms with van der Waals surface area (Å²) in [6.07, 6.45) is 5.04. The molecule has 0 N–H and O–H groups in total. The van der Waals surface area contributed by atoms with E-state index >= 15 is 0 Å². The fourth-order valence-electron chi connectivity index (χ4n) is 0.804. The van der Waals surface area contributed by atoms with E-state index in [0.29, 0.717) is 17.9 Å². The van der Waals surface area contributed by atoms with Crippen molar-refractivity contribution in [1.29, 1.82) is 0 Å². The Balaban J connectivity index is 2.72. The molecular weight excluding hydrogens is 139 g/mol. The first-order chi connectivity index (χ1) is 4.34. The van der Waals surface area contributed by atoms with Crippen LogP contribution >= 0.6 is 11.6 Å². The molecule has 0 aromatic carbocycles. The molecule has 0 fully saturated rings. The summed E-state index contributed by atoms with van der Waals surface area (Å²) < 4.78 is 12.6. The van der Waals surface area contributed by atoms with Gasteiger partial charge in [0.25, 0.3) is 0 Å². The second-order valence-corrected chi connectivity index (χ2v) is 2.27. The SMILES string of the molecule is FC1=C(CCl)C=CCC1. The Kier molecular flexibility index (Phi) is 2.29. The lowest BCUT2D eigenvalue weighted by Crippen LogP contribution is -1.90. The lowest BCUT2D eigenvalue weighted by molar-refractivity contribution is 0.578. The highest BCUT2D eigenvalue weighted by molar-refractivity contribution is 6.19. The van der Waals surface area contributed by atoms with Gasteiger partial charge in [-0.05, 0) is 12.0 Å². The summed E-state index contributed by atoms with van der Waals surface area (Å²) in [5.41, 5.74) is 0.642. The molecule has 50 valence electrons. The summed E-state index contributed by atoms with van der Waals surface area (Å²) in [5, 5.41) is 0. The molecule has 2 heteroatoms. The fourth-order valence-corrected chi connectivity index (χ4v) is 1.04. The van der Waals surface area contributed by atoms with Gasteiger partial charge in [-0.1, -0.05) is 12.2 Å². The average Bonchev–Trinajstić information content (AvgIpc) is 1.89. The smallest absolute Gasteiger partial charge is 0.105 e. The van der Waals surface area contributed by atoms with Crippen LogP contribution in [0.4, 0.5) is 4.39 Å². The van der Waals surface area contributed by atoms with Crippen LogP contribution < -0.4 is 0 Å². The largest absolute Gasteiger partial charge is 0.211 e. The van der Waals surface area contributed by atoms with E-state index in [1.807, 2.05) is 6.08 Å². The molecule has 0 saturated heterocycles. The summed E-state index contributed by atoms with van der Waals surface area (Å²) in [7, 11) is 0. The third-order valence-electron chi connectivity index (χ3n) is 1.34. The summed E-state index contributed by atoms with van der Waals surface area (Å²) in [5.74, 6) is 0.245. The molecular formula is C7H8ClF. The zero-order valence-electron chi connectivity index (χ0n) is 5.03. The van der Waals surface area contributed by atoms with Gasteiger partial charge in [-0.25, -0.2) is 4.39 Å². The van der Waals surface area contributed by atoms with E-state index in [-0.39, 0.29) is 5.83 Å². The van der Waals surface area contributed by atoms with Crippen LogP contribution in [0, 0.1) is 0 Å². The van der Waals surface area contributed by atoms with Crippen LogP contribution in [0.15, 0.2) is 23.6 Å². The second kappa shape index (κ2) is 3.02. The maximum Gasteiger partial charge on any atom is 0.105 e. The van der Waals surface area contributed by atoms with Crippen molar-refractivity contribution >= 4 is 11.6 Å². The van der Waals surface area contributed by atoms with Crippen LogP contribution in [0.25, 0.3) is 0 Å². The molecule has 0 radical (unpaired) electrons. The minimum absolute atomic E-state index is 0.0486.